The van der Waals surface area contributed by atoms with Gasteiger partial charge >= 0.3 is 6.03 Å². The lowest BCUT2D eigenvalue weighted by Gasteiger charge is -2.32. The molecule has 0 bridgehead atoms. The monoisotopic (exact) mass is 462 g/mol. The van der Waals surface area contributed by atoms with Crippen molar-refractivity contribution in [2.75, 3.05) is 30.3 Å². The van der Waals surface area contributed by atoms with E-state index in [2.05, 4.69) is 16.0 Å². The summed E-state index contributed by atoms with van der Waals surface area (Å²) in [6, 6.07) is 19.1. The maximum Gasteiger partial charge on any atom is 0.321 e. The molecule has 4 amide bonds. The molecule has 2 aromatic carbocycles. The maximum absolute atomic E-state index is 12.4. The van der Waals surface area contributed by atoms with Gasteiger partial charge < -0.3 is 30.0 Å². The van der Waals surface area contributed by atoms with Crippen LogP contribution in [0.4, 0.5) is 16.2 Å². The predicted molar refractivity (Wildman–Crippen MR) is 127 cm³/mol. The number of amides is 4. The van der Waals surface area contributed by atoms with Crippen molar-refractivity contribution >= 4 is 29.2 Å². The Kier molecular flexibility index (Phi) is 7.44. The van der Waals surface area contributed by atoms with Gasteiger partial charge in [0.05, 0.1) is 6.26 Å². The van der Waals surface area contributed by atoms with Crippen LogP contribution in [0.15, 0.2) is 77.4 Å². The highest BCUT2D eigenvalue weighted by atomic mass is 16.5. The summed E-state index contributed by atoms with van der Waals surface area (Å²) in [6.07, 6.45) is 2.76. The maximum atomic E-state index is 12.4. The highest BCUT2D eigenvalue weighted by Gasteiger charge is 2.24. The average molecular weight is 463 g/mol. The first-order chi connectivity index (χ1) is 16.6. The molecule has 3 N–H and O–H groups in total. The SMILES string of the molecule is O=C(COc1cccc(NC(=O)c2ccco2)c1)NC1CCN(C(=O)Nc2ccccc2)CC1. The number of urea groups is 1. The van der Waals surface area contributed by atoms with E-state index >= 15 is 0 Å². The first-order valence-corrected chi connectivity index (χ1v) is 11.0. The number of rotatable bonds is 7. The summed E-state index contributed by atoms with van der Waals surface area (Å²) in [7, 11) is 0. The molecule has 34 heavy (non-hydrogen) atoms. The van der Waals surface area contributed by atoms with Gasteiger partial charge in [0.2, 0.25) is 0 Å². The van der Waals surface area contributed by atoms with Crippen LogP contribution in [0.3, 0.4) is 0 Å². The number of carbonyl (C=O) groups excluding carboxylic acids is 3. The molecule has 1 aliphatic heterocycles. The van der Waals surface area contributed by atoms with Crippen molar-refractivity contribution in [1.82, 2.24) is 10.2 Å². The van der Waals surface area contributed by atoms with Crippen LogP contribution in [0.2, 0.25) is 0 Å². The molecule has 0 aliphatic carbocycles. The Morgan fingerprint density at radius 1 is 0.912 bits per heavy atom. The van der Waals surface area contributed by atoms with Gasteiger partial charge in [-0.3, -0.25) is 9.59 Å². The molecule has 0 radical (unpaired) electrons. The number of hydrogen-bond donors (Lipinski definition) is 3. The summed E-state index contributed by atoms with van der Waals surface area (Å²) in [5, 5.41) is 8.55. The molecule has 0 unspecified atom stereocenters. The van der Waals surface area contributed by atoms with E-state index in [0.717, 1.165) is 5.69 Å². The van der Waals surface area contributed by atoms with Gasteiger partial charge in [0.1, 0.15) is 5.75 Å². The largest absolute Gasteiger partial charge is 0.484 e. The molecule has 1 aliphatic rings. The quantitative estimate of drug-likeness (QED) is 0.495. The number of furan rings is 1. The molecule has 1 aromatic heterocycles. The predicted octanol–water partition coefficient (Wildman–Crippen LogP) is 3.72. The lowest BCUT2D eigenvalue weighted by molar-refractivity contribution is -0.124. The molecule has 4 rings (SSSR count). The average Bonchev–Trinajstić information content (AvgIpc) is 3.39. The zero-order chi connectivity index (χ0) is 23.8. The van der Waals surface area contributed by atoms with E-state index in [4.69, 9.17) is 9.15 Å². The third kappa shape index (κ3) is 6.38. The third-order valence-electron chi connectivity index (χ3n) is 5.38. The topological polar surface area (TPSA) is 113 Å². The normalized spacial score (nSPS) is 13.7. The first kappa shape index (κ1) is 22.9. The lowest BCUT2D eigenvalue weighted by Crippen LogP contribution is -2.48. The molecular formula is C25H26N4O5. The molecule has 0 saturated carbocycles. The molecule has 0 spiro atoms. The van der Waals surface area contributed by atoms with Gasteiger partial charge in [0.25, 0.3) is 11.8 Å². The van der Waals surface area contributed by atoms with E-state index in [1.807, 2.05) is 30.3 Å². The Morgan fingerprint density at radius 2 is 1.68 bits per heavy atom. The van der Waals surface area contributed by atoms with Crippen LogP contribution in [0.1, 0.15) is 23.4 Å². The second kappa shape index (κ2) is 11.0. The minimum absolute atomic E-state index is 0.0178. The minimum atomic E-state index is -0.372. The van der Waals surface area contributed by atoms with E-state index < -0.39 is 0 Å². The number of benzene rings is 2. The fourth-order valence-corrected chi connectivity index (χ4v) is 3.63. The van der Waals surface area contributed by atoms with Gasteiger partial charge in [-0.05, 0) is 49.2 Å². The van der Waals surface area contributed by atoms with Crippen molar-refractivity contribution in [3.63, 3.8) is 0 Å². The highest BCUT2D eigenvalue weighted by molar-refractivity contribution is 6.02. The molecule has 9 nitrogen and oxygen atoms in total. The minimum Gasteiger partial charge on any atom is -0.484 e. The lowest BCUT2D eigenvalue weighted by atomic mass is 10.1. The molecule has 2 heterocycles. The summed E-state index contributed by atoms with van der Waals surface area (Å²) in [5.74, 6) is 0.0509. The number of carbonyl (C=O) groups is 3. The number of para-hydroxylation sites is 1. The van der Waals surface area contributed by atoms with Crippen LogP contribution >= 0.6 is 0 Å². The van der Waals surface area contributed by atoms with Crippen LogP contribution < -0.4 is 20.7 Å². The van der Waals surface area contributed by atoms with E-state index in [1.54, 1.807) is 41.3 Å². The Labute approximate surface area is 197 Å². The van der Waals surface area contributed by atoms with E-state index in [-0.39, 0.29) is 36.3 Å². The number of piperidine rings is 1. The number of ether oxygens (including phenoxy) is 1. The molecule has 3 aromatic rings. The molecule has 1 saturated heterocycles. The fourth-order valence-electron chi connectivity index (χ4n) is 3.63. The molecule has 9 heteroatoms. The van der Waals surface area contributed by atoms with Gasteiger partial charge in [0.15, 0.2) is 12.4 Å². The van der Waals surface area contributed by atoms with Crippen molar-refractivity contribution in [3.05, 3.63) is 78.8 Å². The molecule has 0 atom stereocenters. The fraction of sp³-hybridized carbons (Fsp3) is 0.240. The van der Waals surface area contributed by atoms with Gasteiger partial charge in [0, 0.05) is 36.6 Å². The van der Waals surface area contributed by atoms with Gasteiger partial charge in [-0.25, -0.2) is 4.79 Å². The van der Waals surface area contributed by atoms with E-state index in [9.17, 15) is 14.4 Å². The number of anilines is 2. The van der Waals surface area contributed by atoms with Crippen LogP contribution in [0, 0.1) is 0 Å². The zero-order valence-corrected chi connectivity index (χ0v) is 18.5. The van der Waals surface area contributed by atoms with E-state index in [1.165, 1.54) is 6.26 Å². The number of likely N-dealkylation sites (tertiary alicyclic amines) is 1. The Balaban J connectivity index is 1.18. The second-order valence-corrected chi connectivity index (χ2v) is 7.87. The number of nitrogens with zero attached hydrogens (tertiary/aromatic N) is 1. The van der Waals surface area contributed by atoms with Crippen molar-refractivity contribution in [2.24, 2.45) is 0 Å². The number of nitrogens with one attached hydrogen (secondary N) is 3. The Hall–Kier alpha value is -4.27. The Bertz CT molecular complexity index is 1110. The highest BCUT2D eigenvalue weighted by Crippen LogP contribution is 2.18. The van der Waals surface area contributed by atoms with Crippen LogP contribution in [0.25, 0.3) is 0 Å². The third-order valence-corrected chi connectivity index (χ3v) is 5.38. The van der Waals surface area contributed by atoms with Crippen LogP contribution in [-0.2, 0) is 4.79 Å². The first-order valence-electron chi connectivity index (χ1n) is 11.0. The molecule has 1 fully saturated rings. The van der Waals surface area contributed by atoms with Gasteiger partial charge in [-0.1, -0.05) is 24.3 Å². The second-order valence-electron chi connectivity index (χ2n) is 7.87. The standard InChI is InChI=1S/C25H26N4O5/c30-23(17-34-21-9-4-8-20(16-21)27-24(31)22-10-5-15-33-22)26-19-11-13-29(14-12-19)25(32)28-18-6-2-1-3-7-18/h1-10,15-16,19H,11-14,17H2,(H,26,30)(H,27,31)(H,28,32). The summed E-state index contributed by atoms with van der Waals surface area (Å²) in [5.41, 5.74) is 1.28. The Morgan fingerprint density at radius 3 is 2.41 bits per heavy atom. The summed E-state index contributed by atoms with van der Waals surface area (Å²) in [4.78, 5) is 38.6. The van der Waals surface area contributed by atoms with Gasteiger partial charge in [-0.2, -0.15) is 0 Å². The molecular weight excluding hydrogens is 436 g/mol. The van der Waals surface area contributed by atoms with Crippen LogP contribution in [0.5, 0.6) is 5.75 Å². The van der Waals surface area contributed by atoms with Crippen molar-refractivity contribution in [1.29, 1.82) is 0 Å². The van der Waals surface area contributed by atoms with Crippen molar-refractivity contribution in [3.8, 4) is 5.75 Å². The summed E-state index contributed by atoms with van der Waals surface area (Å²) < 4.78 is 10.7. The number of hydrogen-bond acceptors (Lipinski definition) is 5. The van der Waals surface area contributed by atoms with Gasteiger partial charge in [-0.15, -0.1) is 0 Å². The summed E-state index contributed by atoms with van der Waals surface area (Å²) >= 11 is 0. The summed E-state index contributed by atoms with van der Waals surface area (Å²) in [6.45, 7) is 0.966. The molecule has 176 valence electrons. The smallest absolute Gasteiger partial charge is 0.321 e. The van der Waals surface area contributed by atoms with Crippen molar-refractivity contribution < 1.29 is 23.5 Å². The van der Waals surface area contributed by atoms with E-state index in [0.29, 0.717) is 37.4 Å². The van der Waals surface area contributed by atoms with Crippen molar-refractivity contribution in [2.45, 2.75) is 18.9 Å². The van der Waals surface area contributed by atoms with Crippen LogP contribution in [-0.4, -0.2) is 48.5 Å². The zero-order valence-electron chi connectivity index (χ0n) is 18.5.